The topological polar surface area (TPSA) is 81.6 Å². The van der Waals surface area contributed by atoms with Crippen LogP contribution >= 0.6 is 0 Å². The van der Waals surface area contributed by atoms with Gasteiger partial charge >= 0.3 is 0 Å². The zero-order valence-corrected chi connectivity index (χ0v) is 13.7. The summed E-state index contributed by atoms with van der Waals surface area (Å²) in [6, 6.07) is 6.53. The first kappa shape index (κ1) is 17.7. The minimum Gasteiger partial charge on any atom is -0.395 e. The second-order valence-electron chi connectivity index (χ2n) is 6.53. The van der Waals surface area contributed by atoms with E-state index in [0.29, 0.717) is 5.92 Å². The summed E-state index contributed by atoms with van der Waals surface area (Å²) in [4.78, 5) is 11.0. The molecule has 23 heavy (non-hydrogen) atoms. The number of aliphatic hydroxyl groups is 1. The zero-order valence-electron chi connectivity index (χ0n) is 13.7. The third-order valence-corrected chi connectivity index (χ3v) is 4.20. The van der Waals surface area contributed by atoms with Crippen LogP contribution in [0.3, 0.4) is 0 Å². The predicted molar refractivity (Wildman–Crippen MR) is 89.9 cm³/mol. The van der Waals surface area contributed by atoms with Crippen LogP contribution in [0.5, 0.6) is 0 Å². The van der Waals surface area contributed by atoms with Crippen molar-refractivity contribution in [3.8, 4) is 0 Å². The molecule has 5 heteroatoms. The number of nitrogens with one attached hydrogen (secondary N) is 2. The zero-order chi connectivity index (χ0) is 16.8. The summed E-state index contributed by atoms with van der Waals surface area (Å²) < 4.78 is 0. The first-order valence-corrected chi connectivity index (χ1v) is 8.15. The van der Waals surface area contributed by atoms with Gasteiger partial charge in [-0.25, -0.2) is 5.48 Å². The molecule has 0 radical (unpaired) electrons. The van der Waals surface area contributed by atoms with E-state index in [9.17, 15) is 9.90 Å². The lowest BCUT2D eigenvalue weighted by molar-refractivity contribution is -0.124. The van der Waals surface area contributed by atoms with Gasteiger partial charge in [0, 0.05) is 18.2 Å². The quantitative estimate of drug-likeness (QED) is 0.353. The van der Waals surface area contributed by atoms with Crippen molar-refractivity contribution < 1.29 is 15.1 Å². The Labute approximate surface area is 137 Å². The Balaban J connectivity index is 2.06. The molecule has 0 saturated heterocycles. The van der Waals surface area contributed by atoms with Gasteiger partial charge in [0.25, 0.3) is 5.91 Å². The summed E-state index contributed by atoms with van der Waals surface area (Å²) in [5.41, 5.74) is 5.06. The standard InChI is InChI=1S/C18H26N2O3/c1-12(2)9-15(11-21)19-17-7-5-14-10-13(3-6-16(14)17)4-8-18(22)20-23/h3-4,6,8,10,12,15,17,19,21,23H,5,7,9,11H2,1-2H3,(H,20,22)/b8-4+/t15-,17?/m0/s1. The van der Waals surface area contributed by atoms with Gasteiger partial charge in [-0.2, -0.15) is 0 Å². The Morgan fingerprint density at radius 1 is 1.43 bits per heavy atom. The molecule has 0 saturated carbocycles. The number of hydrogen-bond donors (Lipinski definition) is 4. The number of carbonyl (C=O) groups excluding carboxylic acids is 1. The van der Waals surface area contributed by atoms with Gasteiger partial charge in [0.05, 0.1) is 6.61 Å². The number of amides is 1. The predicted octanol–water partition coefficient (Wildman–Crippen LogP) is 2.19. The minimum atomic E-state index is -0.537. The molecule has 1 aromatic rings. The lowest BCUT2D eigenvalue weighted by Crippen LogP contribution is -2.36. The van der Waals surface area contributed by atoms with Crippen LogP contribution in [0.25, 0.3) is 6.08 Å². The fourth-order valence-electron chi connectivity index (χ4n) is 3.17. The SMILES string of the molecule is CC(C)C[C@@H](CO)NC1CCc2cc(/C=C/C(=O)NO)ccc21. The van der Waals surface area contributed by atoms with E-state index in [1.165, 1.54) is 17.2 Å². The van der Waals surface area contributed by atoms with Crippen LogP contribution < -0.4 is 10.8 Å². The van der Waals surface area contributed by atoms with Crippen LogP contribution in [0, 0.1) is 5.92 Å². The molecule has 2 rings (SSSR count). The van der Waals surface area contributed by atoms with Crippen LogP contribution in [0.4, 0.5) is 0 Å². The number of aryl methyl sites for hydroxylation is 1. The van der Waals surface area contributed by atoms with E-state index < -0.39 is 5.91 Å². The molecule has 1 aromatic carbocycles. The van der Waals surface area contributed by atoms with Crippen molar-refractivity contribution in [2.24, 2.45) is 5.92 Å². The highest BCUT2D eigenvalue weighted by Crippen LogP contribution is 2.32. The van der Waals surface area contributed by atoms with E-state index in [1.54, 1.807) is 11.6 Å². The highest BCUT2D eigenvalue weighted by atomic mass is 16.5. The van der Waals surface area contributed by atoms with E-state index in [0.717, 1.165) is 24.8 Å². The Bertz CT molecular complexity index is 569. The van der Waals surface area contributed by atoms with Gasteiger partial charge < -0.3 is 10.4 Å². The first-order chi connectivity index (χ1) is 11.0. The highest BCUT2D eigenvalue weighted by molar-refractivity contribution is 5.90. The van der Waals surface area contributed by atoms with Gasteiger partial charge in [-0.15, -0.1) is 0 Å². The van der Waals surface area contributed by atoms with Crippen molar-refractivity contribution >= 4 is 12.0 Å². The van der Waals surface area contributed by atoms with Crippen molar-refractivity contribution in [3.05, 3.63) is 41.0 Å². The van der Waals surface area contributed by atoms with Crippen LogP contribution in [-0.2, 0) is 11.2 Å². The lowest BCUT2D eigenvalue weighted by Gasteiger charge is -2.23. The molecule has 0 aliphatic heterocycles. The number of rotatable bonds is 7. The molecule has 1 aliphatic rings. The maximum Gasteiger partial charge on any atom is 0.267 e. The number of aliphatic hydroxyl groups excluding tert-OH is 1. The van der Waals surface area contributed by atoms with Crippen LogP contribution in [0.1, 0.15) is 49.4 Å². The van der Waals surface area contributed by atoms with Crippen molar-refractivity contribution in [2.75, 3.05) is 6.61 Å². The Morgan fingerprint density at radius 2 is 2.22 bits per heavy atom. The number of benzene rings is 1. The summed E-state index contributed by atoms with van der Waals surface area (Å²) in [5.74, 6) is 0.00947. The molecule has 0 heterocycles. The van der Waals surface area contributed by atoms with Gasteiger partial charge in [-0.05, 0) is 47.9 Å². The molecular formula is C18H26N2O3. The maximum absolute atomic E-state index is 11.0. The molecule has 4 N–H and O–H groups in total. The monoisotopic (exact) mass is 318 g/mol. The Hall–Kier alpha value is -1.69. The lowest BCUT2D eigenvalue weighted by atomic mass is 10.0. The molecular weight excluding hydrogens is 292 g/mol. The molecule has 5 nitrogen and oxygen atoms in total. The number of hydrogen-bond acceptors (Lipinski definition) is 4. The Kier molecular flexibility index (Phi) is 6.33. The normalized spacial score (nSPS) is 18.4. The summed E-state index contributed by atoms with van der Waals surface area (Å²) in [6.45, 7) is 4.48. The van der Waals surface area contributed by atoms with Gasteiger partial charge in [0.15, 0.2) is 0 Å². The molecule has 1 amide bonds. The fraction of sp³-hybridized carbons (Fsp3) is 0.500. The molecule has 126 valence electrons. The third-order valence-electron chi connectivity index (χ3n) is 4.20. The molecule has 1 unspecified atom stereocenters. The number of hydroxylamine groups is 1. The third kappa shape index (κ3) is 4.89. The van der Waals surface area contributed by atoms with E-state index >= 15 is 0 Å². The smallest absolute Gasteiger partial charge is 0.267 e. The van der Waals surface area contributed by atoms with Crippen molar-refractivity contribution in [1.29, 1.82) is 0 Å². The van der Waals surface area contributed by atoms with Gasteiger partial charge in [-0.3, -0.25) is 10.0 Å². The molecule has 0 bridgehead atoms. The second-order valence-corrected chi connectivity index (χ2v) is 6.53. The van der Waals surface area contributed by atoms with Crippen molar-refractivity contribution in [1.82, 2.24) is 10.8 Å². The molecule has 1 aliphatic carbocycles. The van der Waals surface area contributed by atoms with Gasteiger partial charge in [-0.1, -0.05) is 32.0 Å². The largest absolute Gasteiger partial charge is 0.395 e. The van der Waals surface area contributed by atoms with Gasteiger partial charge in [0.2, 0.25) is 0 Å². The summed E-state index contributed by atoms with van der Waals surface area (Å²) >= 11 is 0. The van der Waals surface area contributed by atoms with E-state index in [2.05, 4.69) is 31.3 Å². The van der Waals surface area contributed by atoms with Crippen LogP contribution in [0.2, 0.25) is 0 Å². The molecule has 0 spiro atoms. The second kappa shape index (κ2) is 8.24. The molecule has 0 aromatic heterocycles. The van der Waals surface area contributed by atoms with E-state index in [4.69, 9.17) is 5.21 Å². The summed E-state index contributed by atoms with van der Waals surface area (Å²) in [6.07, 6.45) is 5.95. The summed E-state index contributed by atoms with van der Waals surface area (Å²) in [7, 11) is 0. The maximum atomic E-state index is 11.0. The van der Waals surface area contributed by atoms with Crippen molar-refractivity contribution in [2.45, 2.75) is 45.2 Å². The molecule has 2 atom stereocenters. The van der Waals surface area contributed by atoms with Gasteiger partial charge in [0.1, 0.15) is 0 Å². The number of fused-ring (bicyclic) bond motifs is 1. The van der Waals surface area contributed by atoms with E-state index in [-0.39, 0.29) is 18.7 Å². The van der Waals surface area contributed by atoms with Crippen LogP contribution in [-0.4, -0.2) is 28.9 Å². The molecule has 0 fully saturated rings. The average Bonchev–Trinajstić information content (AvgIpc) is 2.93. The van der Waals surface area contributed by atoms with Crippen LogP contribution in [0.15, 0.2) is 24.3 Å². The average molecular weight is 318 g/mol. The first-order valence-electron chi connectivity index (χ1n) is 8.15. The van der Waals surface area contributed by atoms with E-state index in [1.807, 2.05) is 6.07 Å². The fourth-order valence-corrected chi connectivity index (χ4v) is 3.17. The highest BCUT2D eigenvalue weighted by Gasteiger charge is 2.24. The Morgan fingerprint density at radius 3 is 2.87 bits per heavy atom. The number of carbonyl (C=O) groups is 1. The minimum absolute atomic E-state index is 0.124. The van der Waals surface area contributed by atoms with Crippen molar-refractivity contribution in [3.63, 3.8) is 0 Å². The summed E-state index contributed by atoms with van der Waals surface area (Å²) in [5, 5.41) is 21.6.